The lowest BCUT2D eigenvalue weighted by Crippen LogP contribution is -2.43. The second-order valence-electron chi connectivity index (χ2n) is 5.49. The van der Waals surface area contributed by atoms with Crippen molar-refractivity contribution in [2.24, 2.45) is 0 Å². The molecule has 1 aromatic heterocycles. The summed E-state index contributed by atoms with van der Waals surface area (Å²) in [5.41, 5.74) is 2.26. The summed E-state index contributed by atoms with van der Waals surface area (Å²) in [6.07, 6.45) is -5.06. The molecule has 9 heteroatoms. The summed E-state index contributed by atoms with van der Waals surface area (Å²) in [7, 11) is 2.46. The van der Waals surface area contributed by atoms with Gasteiger partial charge >= 0.3 is 6.18 Å². The van der Waals surface area contributed by atoms with Gasteiger partial charge in [0.15, 0.2) is 0 Å². The van der Waals surface area contributed by atoms with E-state index in [2.05, 4.69) is 4.98 Å². The zero-order valence-electron chi connectivity index (χ0n) is 13.8. The first kappa shape index (κ1) is 18.3. The monoisotopic (exact) mass is 384 g/mol. The zero-order valence-corrected chi connectivity index (χ0v) is 14.6. The number of nitrogen functional groups attached to an aromatic ring is 1. The predicted octanol–water partition coefficient (Wildman–Crippen LogP) is 3.69. The zero-order chi connectivity index (χ0) is 19.1. The Bertz CT molecular complexity index is 925. The summed E-state index contributed by atoms with van der Waals surface area (Å²) >= 11 is 0.754. The molecular weight excluding hydrogens is 369 g/mol. The highest BCUT2D eigenvalue weighted by Crippen LogP contribution is 2.50. The lowest BCUT2D eigenvalue weighted by Gasteiger charge is -2.30. The van der Waals surface area contributed by atoms with Crippen LogP contribution in [0.25, 0.3) is 10.2 Å². The third kappa shape index (κ3) is 2.73. The number of nitrogens with two attached hydrogens (primary N) is 1. The molecule has 2 aromatic carbocycles. The van der Waals surface area contributed by atoms with Crippen LogP contribution in [0.5, 0.6) is 11.5 Å². The summed E-state index contributed by atoms with van der Waals surface area (Å²) in [5, 5.41) is 10.3. The van der Waals surface area contributed by atoms with Crippen molar-refractivity contribution in [2.45, 2.75) is 11.8 Å². The van der Waals surface area contributed by atoms with Crippen LogP contribution in [0.15, 0.2) is 36.4 Å². The highest BCUT2D eigenvalue weighted by molar-refractivity contribution is 7.18. The van der Waals surface area contributed by atoms with E-state index in [9.17, 15) is 18.3 Å². The number of aliphatic hydroxyl groups is 1. The van der Waals surface area contributed by atoms with Gasteiger partial charge in [0.2, 0.25) is 5.60 Å². The van der Waals surface area contributed by atoms with E-state index in [0.29, 0.717) is 10.2 Å². The summed E-state index contributed by atoms with van der Waals surface area (Å²) in [4.78, 5) is 4.00. The number of hydrogen-bond donors (Lipinski definition) is 2. The van der Waals surface area contributed by atoms with Crippen LogP contribution in [-0.4, -0.2) is 30.5 Å². The summed E-state index contributed by atoms with van der Waals surface area (Å²) in [5.74, 6) is -0.230. The number of nitrogens with zero attached hydrogens (tertiary/aromatic N) is 1. The van der Waals surface area contributed by atoms with Crippen molar-refractivity contribution < 1.29 is 27.8 Å². The maximum Gasteiger partial charge on any atom is 0.428 e. The van der Waals surface area contributed by atoms with Gasteiger partial charge < -0.3 is 20.3 Å². The van der Waals surface area contributed by atoms with E-state index >= 15 is 0 Å². The highest BCUT2D eigenvalue weighted by Gasteiger charge is 2.60. The molecule has 0 bridgehead atoms. The number of anilines is 1. The lowest BCUT2D eigenvalue weighted by molar-refractivity contribution is -0.248. The highest BCUT2D eigenvalue weighted by atomic mass is 32.1. The molecule has 0 fully saturated rings. The van der Waals surface area contributed by atoms with Gasteiger partial charge in [0.25, 0.3) is 0 Å². The molecule has 0 aliphatic rings. The van der Waals surface area contributed by atoms with Gasteiger partial charge in [-0.05, 0) is 18.2 Å². The van der Waals surface area contributed by atoms with Gasteiger partial charge in [0.05, 0.1) is 30.1 Å². The van der Waals surface area contributed by atoms with Crippen molar-refractivity contribution in [3.8, 4) is 11.5 Å². The van der Waals surface area contributed by atoms with Crippen LogP contribution in [-0.2, 0) is 5.60 Å². The van der Waals surface area contributed by atoms with E-state index in [1.54, 1.807) is 24.3 Å². The molecule has 0 saturated heterocycles. The minimum absolute atomic E-state index is 0.00964. The Labute approximate surface area is 150 Å². The fourth-order valence-electron chi connectivity index (χ4n) is 2.62. The number of alkyl halides is 3. The van der Waals surface area contributed by atoms with Crippen LogP contribution in [0.1, 0.15) is 10.6 Å². The van der Waals surface area contributed by atoms with Crippen molar-refractivity contribution in [1.82, 2.24) is 4.98 Å². The fraction of sp³-hybridized carbons (Fsp3) is 0.235. The summed E-state index contributed by atoms with van der Waals surface area (Å²) in [6.45, 7) is 0. The molecule has 0 aliphatic heterocycles. The van der Waals surface area contributed by atoms with Gasteiger partial charge in [-0.15, -0.1) is 11.3 Å². The molecule has 0 spiro atoms. The molecule has 0 radical (unpaired) electrons. The van der Waals surface area contributed by atoms with Crippen LogP contribution < -0.4 is 15.2 Å². The van der Waals surface area contributed by atoms with Gasteiger partial charge in [-0.3, -0.25) is 0 Å². The molecule has 0 amide bonds. The van der Waals surface area contributed by atoms with Crippen molar-refractivity contribution >= 4 is 27.2 Å². The maximum atomic E-state index is 14.0. The van der Waals surface area contributed by atoms with Gasteiger partial charge in [-0.2, -0.15) is 13.2 Å². The maximum absolute atomic E-state index is 14.0. The number of halogens is 3. The van der Waals surface area contributed by atoms with Crippen molar-refractivity contribution in [3.05, 3.63) is 47.0 Å². The molecule has 138 valence electrons. The molecule has 3 rings (SSSR count). The van der Waals surface area contributed by atoms with Crippen LogP contribution >= 0.6 is 11.3 Å². The van der Waals surface area contributed by atoms with Gasteiger partial charge in [-0.1, -0.05) is 12.1 Å². The van der Waals surface area contributed by atoms with E-state index in [1.165, 1.54) is 20.3 Å². The van der Waals surface area contributed by atoms with E-state index < -0.39 is 22.3 Å². The molecule has 0 aliphatic carbocycles. The summed E-state index contributed by atoms with van der Waals surface area (Å²) in [6, 6.07) is 8.75. The largest absolute Gasteiger partial charge is 0.496 e. The third-order valence-corrected chi connectivity index (χ3v) is 5.10. The number of thiazole rings is 1. The van der Waals surface area contributed by atoms with Crippen molar-refractivity contribution in [1.29, 1.82) is 0 Å². The number of benzene rings is 2. The minimum atomic E-state index is -5.06. The molecule has 3 N–H and O–H groups in total. The number of methoxy groups -OCH3 is 2. The average molecular weight is 384 g/mol. The Hall–Kier alpha value is -2.52. The van der Waals surface area contributed by atoms with Gasteiger partial charge in [-0.25, -0.2) is 4.98 Å². The topological polar surface area (TPSA) is 77.6 Å². The molecule has 5 nitrogen and oxygen atoms in total. The normalized spacial score (nSPS) is 14.2. The molecule has 26 heavy (non-hydrogen) atoms. The number of hydrogen-bond acceptors (Lipinski definition) is 6. The van der Waals surface area contributed by atoms with Crippen LogP contribution in [0.2, 0.25) is 0 Å². The number of aromatic nitrogens is 1. The number of para-hydroxylation sites is 1. The SMILES string of the molecule is COc1cc([C@](O)(c2nc3ccccc3s2)C(F)(F)F)c(OC)cc1N. The second kappa shape index (κ2) is 6.33. The van der Waals surface area contributed by atoms with E-state index in [0.717, 1.165) is 17.4 Å². The van der Waals surface area contributed by atoms with E-state index in [4.69, 9.17) is 15.2 Å². The predicted molar refractivity (Wildman–Crippen MR) is 92.6 cm³/mol. The Morgan fingerprint density at radius 3 is 2.31 bits per heavy atom. The molecule has 0 unspecified atom stereocenters. The second-order valence-corrected chi connectivity index (χ2v) is 6.52. The Morgan fingerprint density at radius 2 is 1.73 bits per heavy atom. The number of rotatable bonds is 4. The van der Waals surface area contributed by atoms with Gasteiger partial charge in [0.1, 0.15) is 16.5 Å². The van der Waals surface area contributed by atoms with E-state index in [-0.39, 0.29) is 17.2 Å². The van der Waals surface area contributed by atoms with Crippen LogP contribution in [0, 0.1) is 0 Å². The Morgan fingerprint density at radius 1 is 1.08 bits per heavy atom. The van der Waals surface area contributed by atoms with Gasteiger partial charge in [0, 0.05) is 11.6 Å². The number of ether oxygens (including phenoxy) is 2. The fourth-order valence-corrected chi connectivity index (χ4v) is 3.71. The van der Waals surface area contributed by atoms with Crippen molar-refractivity contribution in [2.75, 3.05) is 20.0 Å². The molecule has 1 atom stereocenters. The average Bonchev–Trinajstić information content (AvgIpc) is 3.04. The van der Waals surface area contributed by atoms with Crippen LogP contribution in [0.3, 0.4) is 0 Å². The number of fused-ring (bicyclic) bond motifs is 1. The quantitative estimate of drug-likeness (QED) is 0.671. The Balaban J connectivity index is 2.33. The molecular formula is C17H15F3N2O3S. The minimum Gasteiger partial charge on any atom is -0.496 e. The third-order valence-electron chi connectivity index (χ3n) is 3.96. The Kier molecular flexibility index (Phi) is 4.45. The first-order valence-corrected chi connectivity index (χ1v) is 8.21. The molecule has 3 aromatic rings. The van der Waals surface area contributed by atoms with E-state index in [1.807, 2.05) is 0 Å². The molecule has 0 saturated carbocycles. The lowest BCUT2D eigenvalue weighted by atomic mass is 9.92. The standard InChI is InChI=1S/C17H15F3N2O3S/c1-24-12-8-10(21)13(25-2)7-9(12)16(23,17(18,19)20)15-22-11-5-3-4-6-14(11)26-15/h3-8,23H,21H2,1-2H3/t16-/m0/s1. The summed E-state index contributed by atoms with van der Waals surface area (Å²) < 4.78 is 52.7. The first-order chi connectivity index (χ1) is 12.2. The van der Waals surface area contributed by atoms with Crippen molar-refractivity contribution in [3.63, 3.8) is 0 Å². The smallest absolute Gasteiger partial charge is 0.428 e. The van der Waals surface area contributed by atoms with Crippen LogP contribution in [0.4, 0.5) is 18.9 Å². The molecule has 1 heterocycles. The first-order valence-electron chi connectivity index (χ1n) is 7.39.